The summed E-state index contributed by atoms with van der Waals surface area (Å²) in [7, 11) is 0. The maximum Gasteiger partial charge on any atom is 0.323 e. The van der Waals surface area contributed by atoms with Crippen LogP contribution >= 0.6 is 0 Å². The van der Waals surface area contributed by atoms with Crippen LogP contribution in [0.2, 0.25) is 0 Å². The molecule has 2 rings (SSSR count). The number of Topliss-reactive ketones (excluding diaryl/α,β-unsaturated/α-hetero) is 1. The number of nitrogens with one attached hydrogen (secondary N) is 1. The van der Waals surface area contributed by atoms with Gasteiger partial charge in [0.1, 0.15) is 17.4 Å². The summed E-state index contributed by atoms with van der Waals surface area (Å²) < 4.78 is 5.59. The number of carbonyl (C=O) groups is 2. The normalized spacial score (nSPS) is 12.6. The number of carbonyl (C=O) groups excluding carboxylic acids is 2. The van der Waals surface area contributed by atoms with Gasteiger partial charge in [0.25, 0.3) is 0 Å². The van der Waals surface area contributed by atoms with E-state index in [1.54, 1.807) is 0 Å². The van der Waals surface area contributed by atoms with E-state index in [1.165, 1.54) is 6.92 Å². The van der Waals surface area contributed by atoms with Crippen LogP contribution in [-0.4, -0.2) is 23.4 Å². The molecule has 0 radical (unpaired) electrons. The van der Waals surface area contributed by atoms with Crippen LogP contribution in [0, 0.1) is 0 Å². The van der Waals surface area contributed by atoms with Crippen LogP contribution in [0.15, 0.2) is 60.7 Å². The molecule has 0 heterocycles. The Labute approximate surface area is 161 Å². The minimum atomic E-state index is -0.581. The van der Waals surface area contributed by atoms with Crippen molar-refractivity contribution < 1.29 is 14.3 Å². The fraction of sp³-hybridized carbons (Fsp3) is 0.391. The fourth-order valence-electron chi connectivity index (χ4n) is 2.87. The van der Waals surface area contributed by atoms with Crippen LogP contribution < -0.4 is 5.32 Å². The van der Waals surface area contributed by atoms with E-state index in [2.05, 4.69) is 5.32 Å². The monoisotopic (exact) mass is 367 g/mol. The molecule has 0 fully saturated rings. The molecule has 1 N–H and O–H groups in total. The average Bonchev–Trinajstić information content (AvgIpc) is 2.61. The van der Waals surface area contributed by atoms with Crippen LogP contribution in [0.4, 0.5) is 0 Å². The summed E-state index contributed by atoms with van der Waals surface area (Å²) in [6, 6.07) is 19.2. The fourth-order valence-corrected chi connectivity index (χ4v) is 2.87. The zero-order valence-electron chi connectivity index (χ0n) is 16.6. The second kappa shape index (κ2) is 9.47. The van der Waals surface area contributed by atoms with E-state index in [4.69, 9.17) is 4.74 Å². The quantitative estimate of drug-likeness (QED) is 0.701. The van der Waals surface area contributed by atoms with Crippen molar-refractivity contribution in [1.29, 1.82) is 0 Å². The topological polar surface area (TPSA) is 55.4 Å². The lowest BCUT2D eigenvalue weighted by molar-refractivity contribution is -0.157. The van der Waals surface area contributed by atoms with Crippen molar-refractivity contribution in [2.24, 2.45) is 0 Å². The number of ketones is 1. The molecule has 0 aliphatic heterocycles. The first-order chi connectivity index (χ1) is 12.8. The van der Waals surface area contributed by atoms with Gasteiger partial charge in [-0.3, -0.25) is 10.1 Å². The highest BCUT2D eigenvalue weighted by Gasteiger charge is 2.28. The summed E-state index contributed by atoms with van der Waals surface area (Å²) in [5, 5.41) is 3.44. The third kappa shape index (κ3) is 6.99. The Balaban J connectivity index is 2.31. The summed E-state index contributed by atoms with van der Waals surface area (Å²) in [5.74, 6) is -0.276. The number of benzene rings is 2. The Morgan fingerprint density at radius 3 is 1.81 bits per heavy atom. The SMILES string of the molecule is CC(=O)CC[C@H](NC(c1ccccc1)c1ccccc1)C(=O)OC(C)(C)C. The molecule has 0 aliphatic rings. The van der Waals surface area contributed by atoms with Crippen molar-refractivity contribution in [2.75, 3.05) is 0 Å². The van der Waals surface area contributed by atoms with Gasteiger partial charge in [0.2, 0.25) is 0 Å². The molecule has 27 heavy (non-hydrogen) atoms. The van der Waals surface area contributed by atoms with Gasteiger partial charge in [-0.15, -0.1) is 0 Å². The Hall–Kier alpha value is -2.46. The Kier molecular flexibility index (Phi) is 7.31. The molecule has 0 aliphatic carbocycles. The highest BCUT2D eigenvalue weighted by Crippen LogP contribution is 2.24. The highest BCUT2D eigenvalue weighted by molar-refractivity contribution is 5.79. The van der Waals surface area contributed by atoms with Crippen molar-refractivity contribution >= 4 is 11.8 Å². The zero-order valence-corrected chi connectivity index (χ0v) is 16.6. The Morgan fingerprint density at radius 2 is 1.41 bits per heavy atom. The maximum absolute atomic E-state index is 12.8. The summed E-state index contributed by atoms with van der Waals surface area (Å²) in [4.78, 5) is 24.3. The highest BCUT2D eigenvalue weighted by atomic mass is 16.6. The summed E-state index contributed by atoms with van der Waals surface area (Å²) >= 11 is 0. The van der Waals surface area contributed by atoms with Gasteiger partial charge in [-0.1, -0.05) is 60.7 Å². The third-order valence-electron chi connectivity index (χ3n) is 4.11. The summed E-state index contributed by atoms with van der Waals surface area (Å²) in [6.45, 7) is 7.08. The van der Waals surface area contributed by atoms with E-state index in [0.29, 0.717) is 12.8 Å². The third-order valence-corrected chi connectivity index (χ3v) is 4.11. The van der Waals surface area contributed by atoms with Crippen molar-refractivity contribution in [3.8, 4) is 0 Å². The Bertz CT molecular complexity index is 696. The minimum absolute atomic E-state index is 0.0568. The van der Waals surface area contributed by atoms with Crippen molar-refractivity contribution in [2.45, 2.75) is 58.2 Å². The van der Waals surface area contributed by atoms with Crippen LogP contribution in [0.3, 0.4) is 0 Å². The zero-order chi connectivity index (χ0) is 19.9. The molecular formula is C23H29NO3. The van der Waals surface area contributed by atoms with Gasteiger partial charge in [0.05, 0.1) is 6.04 Å². The molecular weight excluding hydrogens is 338 g/mol. The van der Waals surface area contributed by atoms with Crippen LogP contribution in [0.1, 0.15) is 57.7 Å². The second-order valence-electron chi connectivity index (χ2n) is 7.75. The molecule has 2 aromatic carbocycles. The van der Waals surface area contributed by atoms with Crippen LogP contribution in [-0.2, 0) is 14.3 Å². The standard InChI is InChI=1S/C23H29NO3/c1-17(25)15-16-20(22(26)27-23(2,3)4)24-21(18-11-7-5-8-12-18)19-13-9-6-10-14-19/h5-14,20-21,24H,15-16H2,1-4H3/t20-/m0/s1. The molecule has 4 heteroatoms. The van der Waals surface area contributed by atoms with Crippen molar-refractivity contribution in [3.63, 3.8) is 0 Å². The predicted molar refractivity (Wildman–Crippen MR) is 107 cm³/mol. The summed E-state index contributed by atoms with van der Waals surface area (Å²) in [6.07, 6.45) is 0.730. The van der Waals surface area contributed by atoms with Gasteiger partial charge in [-0.25, -0.2) is 0 Å². The smallest absolute Gasteiger partial charge is 0.323 e. The van der Waals surface area contributed by atoms with Crippen molar-refractivity contribution in [3.05, 3.63) is 71.8 Å². The van der Waals surface area contributed by atoms with Gasteiger partial charge < -0.3 is 9.53 Å². The first kappa shape index (κ1) is 20.8. The molecule has 144 valence electrons. The largest absolute Gasteiger partial charge is 0.459 e. The average molecular weight is 367 g/mol. The predicted octanol–water partition coefficient (Wildman–Crippen LogP) is 4.45. The van der Waals surface area contributed by atoms with Gasteiger partial charge in [-0.05, 0) is 45.2 Å². The van der Waals surface area contributed by atoms with Crippen LogP contribution in [0.5, 0.6) is 0 Å². The number of hydrogen-bond acceptors (Lipinski definition) is 4. The lowest BCUT2D eigenvalue weighted by Crippen LogP contribution is -2.43. The maximum atomic E-state index is 12.8. The molecule has 4 nitrogen and oxygen atoms in total. The summed E-state index contributed by atoms with van der Waals surface area (Å²) in [5.41, 5.74) is 1.53. The molecule has 0 unspecified atom stereocenters. The van der Waals surface area contributed by atoms with Crippen molar-refractivity contribution in [1.82, 2.24) is 5.32 Å². The lowest BCUT2D eigenvalue weighted by atomic mass is 9.96. The van der Waals surface area contributed by atoms with E-state index < -0.39 is 11.6 Å². The molecule has 0 amide bonds. The number of rotatable bonds is 8. The van der Waals surface area contributed by atoms with E-state index >= 15 is 0 Å². The lowest BCUT2D eigenvalue weighted by Gasteiger charge is -2.28. The number of hydrogen-bond donors (Lipinski definition) is 1. The van der Waals surface area contributed by atoms with Gasteiger partial charge >= 0.3 is 5.97 Å². The molecule has 2 aromatic rings. The van der Waals surface area contributed by atoms with Crippen LogP contribution in [0.25, 0.3) is 0 Å². The van der Waals surface area contributed by atoms with Gasteiger partial charge in [-0.2, -0.15) is 0 Å². The number of esters is 1. The van der Waals surface area contributed by atoms with E-state index in [-0.39, 0.29) is 17.8 Å². The second-order valence-corrected chi connectivity index (χ2v) is 7.75. The molecule has 0 saturated carbocycles. The minimum Gasteiger partial charge on any atom is -0.459 e. The van der Waals surface area contributed by atoms with Gasteiger partial charge in [0.15, 0.2) is 0 Å². The van der Waals surface area contributed by atoms with E-state index in [1.807, 2.05) is 81.4 Å². The van der Waals surface area contributed by atoms with Gasteiger partial charge in [0, 0.05) is 6.42 Å². The Morgan fingerprint density at radius 1 is 0.926 bits per heavy atom. The van der Waals surface area contributed by atoms with E-state index in [0.717, 1.165) is 11.1 Å². The number of ether oxygens (including phenoxy) is 1. The molecule has 1 atom stereocenters. The first-order valence-corrected chi connectivity index (χ1v) is 9.34. The molecule has 0 spiro atoms. The first-order valence-electron chi connectivity index (χ1n) is 9.34. The van der Waals surface area contributed by atoms with E-state index in [9.17, 15) is 9.59 Å². The molecule has 0 bridgehead atoms. The molecule has 0 saturated heterocycles. The molecule has 0 aromatic heterocycles.